The lowest BCUT2D eigenvalue weighted by atomic mass is 10.0. The van der Waals surface area contributed by atoms with E-state index in [9.17, 15) is 4.79 Å². The van der Waals surface area contributed by atoms with Gasteiger partial charge in [-0.25, -0.2) is 19.2 Å². The van der Waals surface area contributed by atoms with Crippen LogP contribution < -0.4 is 0 Å². The molecule has 3 aromatic heterocycles. The molecule has 0 aliphatic carbocycles. The Kier molecular flexibility index (Phi) is 5.54. The van der Waals surface area contributed by atoms with Crippen LogP contribution in [0, 0.1) is 20.8 Å². The molecule has 160 valence electrons. The van der Waals surface area contributed by atoms with E-state index < -0.39 is 0 Å². The molecule has 8 nitrogen and oxygen atoms in total. The monoisotopic (exact) mass is 417 g/mol. The fraction of sp³-hybridized carbons (Fsp3) is 0.348. The second kappa shape index (κ2) is 8.29. The van der Waals surface area contributed by atoms with Crippen LogP contribution in [0.15, 0.2) is 43.0 Å². The van der Waals surface area contributed by atoms with E-state index in [4.69, 9.17) is 0 Å². The molecule has 3 heterocycles. The maximum absolute atomic E-state index is 12.9. The van der Waals surface area contributed by atoms with Crippen molar-refractivity contribution >= 4 is 11.6 Å². The first-order chi connectivity index (χ1) is 14.8. The van der Waals surface area contributed by atoms with Crippen molar-refractivity contribution in [2.24, 2.45) is 0 Å². The summed E-state index contributed by atoms with van der Waals surface area (Å²) in [5.41, 5.74) is 6.88. The van der Waals surface area contributed by atoms with E-state index in [1.54, 1.807) is 15.9 Å². The molecule has 0 aliphatic rings. The molecule has 0 bridgehead atoms. The SMILES string of the molecule is Cc1cc2nc(C)c(CCC(=O)N(C)C(C)c3ccc(-n4cncn4)cc3)c(C)n2n1. The van der Waals surface area contributed by atoms with E-state index in [-0.39, 0.29) is 11.9 Å². The third-order valence-corrected chi connectivity index (χ3v) is 5.91. The highest BCUT2D eigenvalue weighted by Gasteiger charge is 2.19. The van der Waals surface area contributed by atoms with E-state index in [2.05, 4.69) is 20.2 Å². The first kappa shape index (κ1) is 20.7. The molecule has 4 aromatic rings. The second-order valence-electron chi connectivity index (χ2n) is 7.93. The number of carbonyl (C=O) groups excluding carboxylic acids is 1. The molecule has 31 heavy (non-hydrogen) atoms. The Balaban J connectivity index is 1.44. The van der Waals surface area contributed by atoms with Crippen molar-refractivity contribution in [3.05, 3.63) is 71.2 Å². The van der Waals surface area contributed by atoms with Gasteiger partial charge in [0.25, 0.3) is 0 Å². The summed E-state index contributed by atoms with van der Waals surface area (Å²) >= 11 is 0. The number of aryl methyl sites for hydroxylation is 3. The summed E-state index contributed by atoms with van der Waals surface area (Å²) in [6.07, 6.45) is 4.23. The highest BCUT2D eigenvalue weighted by Crippen LogP contribution is 2.22. The minimum atomic E-state index is -0.0335. The first-order valence-electron chi connectivity index (χ1n) is 10.4. The van der Waals surface area contributed by atoms with E-state index in [0.717, 1.165) is 39.5 Å². The number of hydrogen-bond donors (Lipinski definition) is 0. The van der Waals surface area contributed by atoms with Crippen LogP contribution in [0.4, 0.5) is 0 Å². The lowest BCUT2D eigenvalue weighted by molar-refractivity contribution is -0.131. The Bertz CT molecular complexity index is 1210. The predicted octanol–water partition coefficient (Wildman–Crippen LogP) is 3.39. The van der Waals surface area contributed by atoms with E-state index in [1.165, 1.54) is 6.33 Å². The van der Waals surface area contributed by atoms with Gasteiger partial charge in [-0.3, -0.25) is 4.79 Å². The first-order valence-corrected chi connectivity index (χ1v) is 10.4. The van der Waals surface area contributed by atoms with Crippen molar-refractivity contribution in [3.63, 3.8) is 0 Å². The van der Waals surface area contributed by atoms with Crippen LogP contribution in [0.2, 0.25) is 0 Å². The fourth-order valence-corrected chi connectivity index (χ4v) is 3.90. The van der Waals surface area contributed by atoms with Crippen LogP contribution in [0.1, 0.15) is 47.6 Å². The maximum Gasteiger partial charge on any atom is 0.223 e. The van der Waals surface area contributed by atoms with Crippen molar-refractivity contribution < 1.29 is 4.79 Å². The summed E-state index contributed by atoms with van der Waals surface area (Å²) in [6, 6.07) is 9.96. The number of benzene rings is 1. The number of rotatable bonds is 6. The molecule has 0 spiro atoms. The average Bonchev–Trinajstić information content (AvgIpc) is 3.42. The highest BCUT2D eigenvalue weighted by atomic mass is 16.2. The van der Waals surface area contributed by atoms with Gasteiger partial charge in [0.2, 0.25) is 5.91 Å². The van der Waals surface area contributed by atoms with Gasteiger partial charge in [-0.05, 0) is 57.4 Å². The number of amides is 1. The molecule has 0 fully saturated rings. The van der Waals surface area contributed by atoms with E-state index >= 15 is 0 Å². The zero-order chi connectivity index (χ0) is 22.1. The molecule has 0 radical (unpaired) electrons. The zero-order valence-corrected chi connectivity index (χ0v) is 18.6. The topological polar surface area (TPSA) is 81.2 Å². The van der Waals surface area contributed by atoms with Crippen LogP contribution in [0.3, 0.4) is 0 Å². The molecular weight excluding hydrogens is 390 g/mol. The number of fused-ring (bicyclic) bond motifs is 1. The minimum Gasteiger partial charge on any atom is -0.339 e. The average molecular weight is 418 g/mol. The number of carbonyl (C=O) groups is 1. The van der Waals surface area contributed by atoms with Crippen molar-refractivity contribution in [1.82, 2.24) is 34.3 Å². The van der Waals surface area contributed by atoms with Gasteiger partial charge in [-0.1, -0.05) is 12.1 Å². The summed E-state index contributed by atoms with van der Waals surface area (Å²) < 4.78 is 3.57. The van der Waals surface area contributed by atoms with Gasteiger partial charge in [-0.2, -0.15) is 10.2 Å². The molecule has 1 atom stereocenters. The quantitative estimate of drug-likeness (QED) is 0.480. The zero-order valence-electron chi connectivity index (χ0n) is 18.6. The fourth-order valence-electron chi connectivity index (χ4n) is 3.90. The van der Waals surface area contributed by atoms with Gasteiger partial charge in [0.1, 0.15) is 12.7 Å². The number of aromatic nitrogens is 6. The van der Waals surface area contributed by atoms with Crippen LogP contribution in [0.25, 0.3) is 11.3 Å². The summed E-state index contributed by atoms with van der Waals surface area (Å²) in [4.78, 5) is 23.4. The van der Waals surface area contributed by atoms with Crippen LogP contribution in [-0.2, 0) is 11.2 Å². The molecule has 1 unspecified atom stereocenters. The molecule has 0 N–H and O–H groups in total. The lowest BCUT2D eigenvalue weighted by Gasteiger charge is -2.26. The Labute approximate surface area is 181 Å². The van der Waals surface area contributed by atoms with Gasteiger partial charge >= 0.3 is 0 Å². The second-order valence-corrected chi connectivity index (χ2v) is 7.93. The summed E-state index contributed by atoms with van der Waals surface area (Å²) in [6.45, 7) is 8.04. The van der Waals surface area contributed by atoms with Gasteiger partial charge in [0, 0.05) is 30.9 Å². The third-order valence-electron chi connectivity index (χ3n) is 5.91. The van der Waals surface area contributed by atoms with Crippen molar-refractivity contribution in [3.8, 4) is 5.69 Å². The van der Waals surface area contributed by atoms with Crippen LogP contribution in [0.5, 0.6) is 0 Å². The van der Waals surface area contributed by atoms with Crippen molar-refractivity contribution in [2.45, 2.75) is 46.6 Å². The smallest absolute Gasteiger partial charge is 0.223 e. The molecular formula is C23H27N7O. The molecule has 0 saturated carbocycles. The summed E-state index contributed by atoms with van der Waals surface area (Å²) in [7, 11) is 1.86. The molecule has 4 rings (SSSR count). The minimum absolute atomic E-state index is 0.0335. The predicted molar refractivity (Wildman–Crippen MR) is 118 cm³/mol. The third kappa shape index (κ3) is 4.05. The highest BCUT2D eigenvalue weighted by molar-refractivity contribution is 5.76. The Morgan fingerprint density at radius 3 is 2.58 bits per heavy atom. The molecule has 8 heteroatoms. The van der Waals surface area contributed by atoms with Crippen molar-refractivity contribution in [1.29, 1.82) is 0 Å². The Morgan fingerprint density at radius 1 is 1.16 bits per heavy atom. The molecule has 1 aromatic carbocycles. The standard InChI is InChI=1S/C23H27N7O/c1-15-12-22-26-16(2)21(18(4)30(22)27-15)10-11-23(31)28(5)17(3)19-6-8-20(9-7-19)29-14-24-13-25-29/h6-9,12-14,17H,10-11H2,1-5H3. The normalized spacial score (nSPS) is 12.3. The Hall–Kier alpha value is -3.55. The maximum atomic E-state index is 12.9. The molecule has 0 saturated heterocycles. The molecule has 0 aliphatic heterocycles. The van der Waals surface area contributed by atoms with Crippen molar-refractivity contribution in [2.75, 3.05) is 7.05 Å². The molecule has 1 amide bonds. The lowest BCUT2D eigenvalue weighted by Crippen LogP contribution is -2.30. The van der Waals surface area contributed by atoms with E-state index in [0.29, 0.717) is 12.8 Å². The van der Waals surface area contributed by atoms with Gasteiger partial charge < -0.3 is 4.90 Å². The number of nitrogens with zero attached hydrogens (tertiary/aromatic N) is 7. The van der Waals surface area contributed by atoms with Gasteiger partial charge in [0.15, 0.2) is 5.65 Å². The summed E-state index contributed by atoms with van der Waals surface area (Å²) in [5.74, 6) is 0.100. The summed E-state index contributed by atoms with van der Waals surface area (Å²) in [5, 5.41) is 8.66. The van der Waals surface area contributed by atoms with Gasteiger partial charge in [0.05, 0.1) is 17.4 Å². The largest absolute Gasteiger partial charge is 0.339 e. The van der Waals surface area contributed by atoms with Crippen LogP contribution in [-0.4, -0.2) is 47.2 Å². The van der Waals surface area contributed by atoms with E-state index in [1.807, 2.05) is 69.6 Å². The van der Waals surface area contributed by atoms with Gasteiger partial charge in [-0.15, -0.1) is 0 Å². The van der Waals surface area contributed by atoms with Crippen LogP contribution >= 0.6 is 0 Å². The Morgan fingerprint density at radius 2 is 1.90 bits per heavy atom. The number of hydrogen-bond acceptors (Lipinski definition) is 5.